The number of urea groups is 1. The van der Waals surface area contributed by atoms with Gasteiger partial charge in [0.1, 0.15) is 0 Å². The lowest BCUT2D eigenvalue weighted by molar-refractivity contribution is 0.0575. The summed E-state index contributed by atoms with van der Waals surface area (Å²) < 4.78 is 1.72. The lowest BCUT2D eigenvalue weighted by Gasteiger charge is -2.31. The minimum atomic E-state index is -0.281. The van der Waals surface area contributed by atoms with Crippen LogP contribution in [-0.4, -0.2) is 45.5 Å². The predicted octanol–water partition coefficient (Wildman–Crippen LogP) is 1.74. The van der Waals surface area contributed by atoms with Gasteiger partial charge in [0, 0.05) is 38.3 Å². The lowest BCUT2D eigenvalue weighted by atomic mass is 9.86. The Labute approximate surface area is 119 Å². The molecule has 0 radical (unpaired) electrons. The number of carbonyl (C=O) groups excluding carboxylic acids is 1. The molecule has 1 aliphatic rings. The van der Waals surface area contributed by atoms with Crippen LogP contribution >= 0.6 is 0 Å². The van der Waals surface area contributed by atoms with Crippen LogP contribution in [0.25, 0.3) is 0 Å². The van der Waals surface area contributed by atoms with Crippen LogP contribution in [-0.2, 0) is 7.05 Å². The maximum absolute atomic E-state index is 12.1. The topological polar surface area (TPSA) is 70.4 Å². The SMILES string of the molecule is Cc1cc(NC(=O)N(C)CC2CCCCC2O)nn1C. The number of hydrogen-bond donors (Lipinski definition) is 2. The van der Waals surface area contributed by atoms with Crippen molar-refractivity contribution in [3.63, 3.8) is 0 Å². The van der Waals surface area contributed by atoms with E-state index in [2.05, 4.69) is 10.4 Å². The fourth-order valence-corrected chi connectivity index (χ4v) is 2.66. The fraction of sp³-hybridized carbons (Fsp3) is 0.714. The van der Waals surface area contributed by atoms with Crippen molar-refractivity contribution in [2.75, 3.05) is 18.9 Å². The quantitative estimate of drug-likeness (QED) is 0.886. The summed E-state index contributed by atoms with van der Waals surface area (Å²) in [6, 6.07) is 1.65. The number of carbonyl (C=O) groups is 1. The Morgan fingerprint density at radius 2 is 2.25 bits per heavy atom. The number of aliphatic hydroxyl groups is 1. The molecule has 0 aliphatic heterocycles. The zero-order valence-corrected chi connectivity index (χ0v) is 12.5. The van der Waals surface area contributed by atoms with E-state index in [1.165, 1.54) is 0 Å². The summed E-state index contributed by atoms with van der Waals surface area (Å²) in [4.78, 5) is 13.7. The molecular formula is C14H24N4O2. The number of aryl methyl sites for hydroxylation is 2. The van der Waals surface area contributed by atoms with Gasteiger partial charge in [0.25, 0.3) is 0 Å². The van der Waals surface area contributed by atoms with Gasteiger partial charge in [-0.15, -0.1) is 0 Å². The van der Waals surface area contributed by atoms with Gasteiger partial charge in [0.2, 0.25) is 0 Å². The summed E-state index contributed by atoms with van der Waals surface area (Å²) in [6.07, 6.45) is 3.77. The highest BCUT2D eigenvalue weighted by Crippen LogP contribution is 2.25. The van der Waals surface area contributed by atoms with E-state index in [0.717, 1.165) is 31.4 Å². The smallest absolute Gasteiger partial charge is 0.322 e. The largest absolute Gasteiger partial charge is 0.393 e. The van der Waals surface area contributed by atoms with E-state index < -0.39 is 0 Å². The summed E-state index contributed by atoms with van der Waals surface area (Å²) in [5.74, 6) is 0.746. The Balaban J connectivity index is 1.88. The molecule has 6 heteroatoms. The number of aromatic nitrogens is 2. The summed E-state index contributed by atoms with van der Waals surface area (Å²) >= 11 is 0. The molecule has 1 aromatic heterocycles. The van der Waals surface area contributed by atoms with Crippen molar-refractivity contribution in [1.82, 2.24) is 14.7 Å². The molecular weight excluding hydrogens is 256 g/mol. The van der Waals surface area contributed by atoms with E-state index in [0.29, 0.717) is 12.4 Å². The first-order valence-corrected chi connectivity index (χ1v) is 7.18. The third kappa shape index (κ3) is 3.50. The van der Waals surface area contributed by atoms with E-state index in [-0.39, 0.29) is 18.1 Å². The summed E-state index contributed by atoms with van der Waals surface area (Å²) in [7, 11) is 3.60. The monoisotopic (exact) mass is 280 g/mol. The molecule has 2 unspecified atom stereocenters. The molecule has 1 heterocycles. The highest BCUT2D eigenvalue weighted by atomic mass is 16.3. The van der Waals surface area contributed by atoms with Crippen molar-refractivity contribution < 1.29 is 9.90 Å². The second kappa shape index (κ2) is 6.26. The van der Waals surface area contributed by atoms with Crippen molar-refractivity contribution in [2.24, 2.45) is 13.0 Å². The first kappa shape index (κ1) is 14.8. The van der Waals surface area contributed by atoms with E-state index in [1.54, 1.807) is 16.6 Å². The second-order valence-corrected chi connectivity index (χ2v) is 5.72. The molecule has 1 fully saturated rings. The summed E-state index contributed by atoms with van der Waals surface area (Å²) in [5, 5.41) is 16.9. The van der Waals surface area contributed by atoms with Crippen LogP contribution in [0.4, 0.5) is 10.6 Å². The molecule has 2 N–H and O–H groups in total. The standard InChI is InChI=1S/C14H24N4O2/c1-10-8-13(16-18(10)3)15-14(20)17(2)9-11-6-4-5-7-12(11)19/h8,11-12,19H,4-7,9H2,1-3H3,(H,15,16,20). The van der Waals surface area contributed by atoms with Gasteiger partial charge >= 0.3 is 6.03 Å². The molecule has 1 saturated carbocycles. The minimum absolute atomic E-state index is 0.180. The van der Waals surface area contributed by atoms with E-state index >= 15 is 0 Å². The van der Waals surface area contributed by atoms with Gasteiger partial charge in [-0.3, -0.25) is 10.00 Å². The number of amides is 2. The number of nitrogens with one attached hydrogen (secondary N) is 1. The summed E-state index contributed by atoms with van der Waals surface area (Å²) in [5.41, 5.74) is 0.991. The molecule has 0 aromatic carbocycles. The molecule has 0 bridgehead atoms. The van der Waals surface area contributed by atoms with Crippen LogP contribution in [0.1, 0.15) is 31.4 Å². The van der Waals surface area contributed by atoms with Crippen molar-refractivity contribution in [3.8, 4) is 0 Å². The van der Waals surface area contributed by atoms with Crippen LogP contribution in [0.15, 0.2) is 6.07 Å². The van der Waals surface area contributed by atoms with Crippen molar-refractivity contribution in [2.45, 2.75) is 38.7 Å². The van der Waals surface area contributed by atoms with Gasteiger partial charge in [-0.2, -0.15) is 5.10 Å². The van der Waals surface area contributed by atoms with Gasteiger partial charge in [0.15, 0.2) is 5.82 Å². The number of aliphatic hydroxyl groups excluding tert-OH is 1. The zero-order valence-electron chi connectivity index (χ0n) is 12.5. The molecule has 0 spiro atoms. The van der Waals surface area contributed by atoms with Crippen molar-refractivity contribution in [1.29, 1.82) is 0 Å². The number of rotatable bonds is 3. The Morgan fingerprint density at radius 3 is 2.85 bits per heavy atom. The van der Waals surface area contributed by atoms with Crippen LogP contribution in [0.2, 0.25) is 0 Å². The van der Waals surface area contributed by atoms with Gasteiger partial charge in [0.05, 0.1) is 6.10 Å². The van der Waals surface area contributed by atoms with Crippen LogP contribution in [0, 0.1) is 12.8 Å². The lowest BCUT2D eigenvalue weighted by Crippen LogP contribution is -2.40. The van der Waals surface area contributed by atoms with E-state index in [9.17, 15) is 9.90 Å². The molecule has 1 aliphatic carbocycles. The molecule has 1 aromatic rings. The fourth-order valence-electron chi connectivity index (χ4n) is 2.66. The molecule has 2 rings (SSSR count). The van der Waals surface area contributed by atoms with Gasteiger partial charge in [-0.05, 0) is 19.8 Å². The van der Waals surface area contributed by atoms with Gasteiger partial charge < -0.3 is 10.0 Å². The normalized spacial score (nSPS) is 22.6. The average molecular weight is 280 g/mol. The Hall–Kier alpha value is -1.56. The first-order chi connectivity index (χ1) is 9.47. The maximum Gasteiger partial charge on any atom is 0.322 e. The zero-order chi connectivity index (χ0) is 14.7. The van der Waals surface area contributed by atoms with Crippen molar-refractivity contribution in [3.05, 3.63) is 11.8 Å². The predicted molar refractivity (Wildman–Crippen MR) is 77.6 cm³/mol. The molecule has 20 heavy (non-hydrogen) atoms. The molecule has 2 atom stereocenters. The Kier molecular flexibility index (Phi) is 4.65. The second-order valence-electron chi connectivity index (χ2n) is 5.72. The van der Waals surface area contributed by atoms with E-state index in [1.807, 2.05) is 20.0 Å². The summed E-state index contributed by atoms with van der Waals surface area (Å²) in [6.45, 7) is 2.52. The Morgan fingerprint density at radius 1 is 1.55 bits per heavy atom. The molecule has 6 nitrogen and oxygen atoms in total. The van der Waals surface area contributed by atoms with E-state index in [4.69, 9.17) is 0 Å². The van der Waals surface area contributed by atoms with Crippen LogP contribution < -0.4 is 5.32 Å². The van der Waals surface area contributed by atoms with Crippen LogP contribution in [0.5, 0.6) is 0 Å². The molecule has 2 amide bonds. The third-order valence-corrected chi connectivity index (χ3v) is 4.07. The van der Waals surface area contributed by atoms with Crippen LogP contribution in [0.3, 0.4) is 0 Å². The molecule has 112 valence electrons. The first-order valence-electron chi connectivity index (χ1n) is 7.18. The number of hydrogen-bond acceptors (Lipinski definition) is 3. The maximum atomic E-state index is 12.1. The third-order valence-electron chi connectivity index (χ3n) is 4.07. The average Bonchev–Trinajstić information content (AvgIpc) is 2.71. The Bertz CT molecular complexity index is 452. The highest BCUT2D eigenvalue weighted by molar-refractivity contribution is 5.88. The minimum Gasteiger partial charge on any atom is -0.393 e. The highest BCUT2D eigenvalue weighted by Gasteiger charge is 2.25. The van der Waals surface area contributed by atoms with Crippen molar-refractivity contribution >= 4 is 11.8 Å². The van der Waals surface area contributed by atoms with Gasteiger partial charge in [-0.25, -0.2) is 4.79 Å². The van der Waals surface area contributed by atoms with Gasteiger partial charge in [-0.1, -0.05) is 12.8 Å². The number of anilines is 1. The molecule has 0 saturated heterocycles. The number of nitrogens with zero attached hydrogens (tertiary/aromatic N) is 3.